The SMILES string of the molecule is Cn1c(C(=O)NCc2ccco2)nc2c(N3C(=O)C4(CCNCC4)c4ccccc43)ncnc21. The van der Waals surface area contributed by atoms with Crippen LogP contribution in [0.25, 0.3) is 11.2 Å². The van der Waals surface area contributed by atoms with E-state index in [0.29, 0.717) is 22.7 Å². The van der Waals surface area contributed by atoms with Gasteiger partial charge < -0.3 is 19.6 Å². The van der Waals surface area contributed by atoms with E-state index in [4.69, 9.17) is 4.42 Å². The van der Waals surface area contributed by atoms with Crippen LogP contribution in [0.5, 0.6) is 0 Å². The fourth-order valence-electron chi connectivity index (χ4n) is 5.07. The number of aromatic nitrogens is 4. The number of rotatable bonds is 4. The van der Waals surface area contributed by atoms with E-state index in [1.165, 1.54) is 6.33 Å². The molecule has 0 bridgehead atoms. The van der Waals surface area contributed by atoms with Gasteiger partial charge in [-0.15, -0.1) is 0 Å². The minimum absolute atomic E-state index is 0.00956. The van der Waals surface area contributed by atoms with Crippen LogP contribution < -0.4 is 15.5 Å². The summed E-state index contributed by atoms with van der Waals surface area (Å²) in [7, 11) is 1.72. The predicted octanol–water partition coefficient (Wildman–Crippen LogP) is 2.19. The molecule has 1 fully saturated rings. The van der Waals surface area contributed by atoms with Crippen molar-refractivity contribution in [3.05, 3.63) is 66.1 Å². The molecule has 2 amide bonds. The summed E-state index contributed by atoms with van der Waals surface area (Å²) in [6.45, 7) is 1.79. The maximum atomic E-state index is 14.0. The number of hydrogen-bond acceptors (Lipinski definition) is 7. The lowest BCUT2D eigenvalue weighted by Gasteiger charge is -2.32. The van der Waals surface area contributed by atoms with Crippen molar-refractivity contribution >= 4 is 34.5 Å². The molecule has 0 atom stereocenters. The molecule has 3 aromatic heterocycles. The van der Waals surface area contributed by atoms with Crippen LogP contribution in [0.2, 0.25) is 0 Å². The number of furan rings is 1. The number of amides is 2. The average Bonchev–Trinajstić information content (AvgIpc) is 3.56. The predicted molar refractivity (Wildman–Crippen MR) is 124 cm³/mol. The van der Waals surface area contributed by atoms with Gasteiger partial charge in [0.2, 0.25) is 11.7 Å². The van der Waals surface area contributed by atoms with Crippen LogP contribution in [-0.4, -0.2) is 44.4 Å². The second kappa shape index (κ2) is 7.77. The van der Waals surface area contributed by atoms with E-state index in [1.807, 2.05) is 24.3 Å². The number of para-hydroxylation sites is 1. The van der Waals surface area contributed by atoms with Crippen molar-refractivity contribution in [3.8, 4) is 0 Å². The van der Waals surface area contributed by atoms with E-state index in [1.54, 1.807) is 34.9 Å². The summed E-state index contributed by atoms with van der Waals surface area (Å²) < 4.78 is 6.90. The van der Waals surface area contributed by atoms with Crippen LogP contribution in [0.4, 0.5) is 11.5 Å². The smallest absolute Gasteiger partial charge is 0.287 e. The van der Waals surface area contributed by atoms with Gasteiger partial charge in [-0.25, -0.2) is 15.0 Å². The monoisotopic (exact) mass is 457 g/mol. The van der Waals surface area contributed by atoms with Crippen molar-refractivity contribution in [1.82, 2.24) is 30.2 Å². The molecule has 34 heavy (non-hydrogen) atoms. The van der Waals surface area contributed by atoms with Crippen molar-refractivity contribution in [2.45, 2.75) is 24.8 Å². The van der Waals surface area contributed by atoms with Gasteiger partial charge in [0.1, 0.15) is 12.1 Å². The Labute approximate surface area is 195 Å². The summed E-state index contributed by atoms with van der Waals surface area (Å²) in [6.07, 6.45) is 4.40. The second-order valence-corrected chi connectivity index (χ2v) is 8.62. The molecule has 5 heterocycles. The zero-order chi connectivity index (χ0) is 23.3. The molecular weight excluding hydrogens is 434 g/mol. The molecule has 1 aromatic carbocycles. The molecule has 4 aromatic rings. The highest BCUT2D eigenvalue weighted by molar-refractivity contribution is 6.15. The molecule has 6 rings (SSSR count). The number of piperidine rings is 1. The van der Waals surface area contributed by atoms with E-state index in [2.05, 4.69) is 25.6 Å². The first-order valence-electron chi connectivity index (χ1n) is 11.2. The van der Waals surface area contributed by atoms with E-state index in [-0.39, 0.29) is 24.2 Å². The maximum absolute atomic E-state index is 14.0. The summed E-state index contributed by atoms with van der Waals surface area (Å²) in [4.78, 5) is 41.9. The summed E-state index contributed by atoms with van der Waals surface area (Å²) in [5.74, 6) is 0.827. The molecule has 1 spiro atoms. The Hall–Kier alpha value is -4.05. The average molecular weight is 457 g/mol. The Bertz CT molecular complexity index is 1400. The first-order chi connectivity index (χ1) is 16.6. The Morgan fingerprint density at radius 3 is 2.79 bits per heavy atom. The fourth-order valence-corrected chi connectivity index (χ4v) is 5.07. The third-order valence-electron chi connectivity index (χ3n) is 6.79. The van der Waals surface area contributed by atoms with E-state index >= 15 is 0 Å². The summed E-state index contributed by atoms with van der Waals surface area (Å²) >= 11 is 0. The number of carbonyl (C=O) groups is 2. The van der Waals surface area contributed by atoms with Crippen molar-refractivity contribution in [1.29, 1.82) is 0 Å². The van der Waals surface area contributed by atoms with Crippen LogP contribution in [-0.2, 0) is 23.8 Å². The quantitative estimate of drug-likeness (QED) is 0.482. The van der Waals surface area contributed by atoms with E-state index in [0.717, 1.165) is 37.2 Å². The van der Waals surface area contributed by atoms with Crippen LogP contribution in [0.15, 0.2) is 53.4 Å². The highest BCUT2D eigenvalue weighted by Crippen LogP contribution is 2.50. The first-order valence-corrected chi connectivity index (χ1v) is 11.2. The summed E-state index contributed by atoms with van der Waals surface area (Å²) in [6, 6.07) is 11.4. The van der Waals surface area contributed by atoms with Gasteiger partial charge in [-0.1, -0.05) is 18.2 Å². The van der Waals surface area contributed by atoms with E-state index in [9.17, 15) is 9.59 Å². The lowest BCUT2D eigenvalue weighted by molar-refractivity contribution is -0.123. The fraction of sp³-hybridized carbons (Fsp3) is 0.292. The Balaban J connectivity index is 1.42. The molecule has 172 valence electrons. The third kappa shape index (κ3) is 2.95. The van der Waals surface area contributed by atoms with Crippen LogP contribution in [0.1, 0.15) is 34.8 Å². The molecule has 0 unspecified atom stereocenters. The highest BCUT2D eigenvalue weighted by atomic mass is 16.3. The molecule has 2 aliphatic rings. The topological polar surface area (TPSA) is 118 Å². The van der Waals surface area contributed by atoms with Crippen molar-refractivity contribution < 1.29 is 14.0 Å². The van der Waals surface area contributed by atoms with Gasteiger partial charge in [-0.2, -0.15) is 0 Å². The second-order valence-electron chi connectivity index (χ2n) is 8.62. The van der Waals surface area contributed by atoms with Gasteiger partial charge in [-0.3, -0.25) is 14.5 Å². The molecule has 0 aliphatic carbocycles. The summed E-state index contributed by atoms with van der Waals surface area (Å²) in [5, 5.41) is 6.17. The molecule has 2 N–H and O–H groups in total. The minimum Gasteiger partial charge on any atom is -0.467 e. The number of benzene rings is 1. The standard InChI is InChI=1S/C24H23N7O3/c1-30-19-18(29-21(30)22(32)26-13-15-5-4-12-34-15)20(28-14-27-19)31-17-7-3-2-6-16(17)24(23(31)33)8-10-25-11-9-24/h2-7,12,14,25H,8-11,13H2,1H3,(H,26,32). The number of imidazole rings is 1. The van der Waals surface area contributed by atoms with Crippen LogP contribution in [0.3, 0.4) is 0 Å². The third-order valence-corrected chi connectivity index (χ3v) is 6.79. The molecular formula is C24H23N7O3. The maximum Gasteiger partial charge on any atom is 0.287 e. The number of aryl methyl sites for hydroxylation is 1. The number of anilines is 2. The van der Waals surface area contributed by atoms with Crippen LogP contribution in [0, 0.1) is 0 Å². The number of hydrogen-bond donors (Lipinski definition) is 2. The number of nitrogens with zero attached hydrogens (tertiary/aromatic N) is 5. The molecule has 10 nitrogen and oxygen atoms in total. The van der Waals surface area contributed by atoms with E-state index < -0.39 is 5.41 Å². The molecule has 0 saturated carbocycles. The van der Waals surface area contributed by atoms with Crippen molar-refractivity contribution in [3.63, 3.8) is 0 Å². The highest BCUT2D eigenvalue weighted by Gasteiger charge is 2.52. The van der Waals surface area contributed by atoms with Gasteiger partial charge in [0.15, 0.2) is 17.0 Å². The Kier molecular flexibility index (Phi) is 4.70. The van der Waals surface area contributed by atoms with Gasteiger partial charge >= 0.3 is 0 Å². The van der Waals surface area contributed by atoms with Crippen molar-refractivity contribution in [2.75, 3.05) is 18.0 Å². The van der Waals surface area contributed by atoms with Crippen molar-refractivity contribution in [2.24, 2.45) is 7.05 Å². The molecule has 2 aliphatic heterocycles. The van der Waals surface area contributed by atoms with Gasteiger partial charge in [0.25, 0.3) is 5.91 Å². The zero-order valence-corrected chi connectivity index (χ0v) is 18.6. The van der Waals surface area contributed by atoms with Crippen LogP contribution >= 0.6 is 0 Å². The minimum atomic E-state index is -0.586. The number of fused-ring (bicyclic) bond motifs is 3. The molecule has 0 radical (unpaired) electrons. The molecule has 1 saturated heterocycles. The lowest BCUT2D eigenvalue weighted by Crippen LogP contribution is -2.46. The normalized spacial score (nSPS) is 16.9. The van der Waals surface area contributed by atoms with Gasteiger partial charge in [0.05, 0.1) is 23.9 Å². The lowest BCUT2D eigenvalue weighted by atomic mass is 9.74. The zero-order valence-electron chi connectivity index (χ0n) is 18.6. The summed E-state index contributed by atoms with van der Waals surface area (Å²) in [5.41, 5.74) is 2.12. The van der Waals surface area contributed by atoms with Gasteiger partial charge in [0, 0.05) is 7.05 Å². The molecule has 10 heteroatoms. The number of nitrogens with one attached hydrogen (secondary N) is 2. The Morgan fingerprint density at radius 2 is 2.00 bits per heavy atom. The number of carbonyl (C=O) groups excluding carboxylic acids is 2. The largest absolute Gasteiger partial charge is 0.467 e. The Morgan fingerprint density at radius 1 is 1.18 bits per heavy atom. The van der Waals surface area contributed by atoms with Gasteiger partial charge in [-0.05, 0) is 49.7 Å². The first kappa shape index (κ1) is 20.5.